The third-order valence-corrected chi connectivity index (χ3v) is 5.42. The molecule has 2 aromatic heterocycles. The van der Waals surface area contributed by atoms with Gasteiger partial charge in [-0.1, -0.05) is 6.07 Å². The minimum Gasteiger partial charge on any atom is -0.333 e. The van der Waals surface area contributed by atoms with Crippen LogP contribution in [0.4, 0.5) is 0 Å². The second-order valence-electron chi connectivity index (χ2n) is 6.31. The van der Waals surface area contributed by atoms with E-state index in [1.807, 2.05) is 15.6 Å². The number of carbonyl (C=O) groups is 1. The van der Waals surface area contributed by atoms with Gasteiger partial charge < -0.3 is 10.2 Å². The molecule has 1 atom stereocenters. The van der Waals surface area contributed by atoms with E-state index in [4.69, 9.17) is 0 Å². The number of hydrogen-bond acceptors (Lipinski definition) is 5. The van der Waals surface area contributed by atoms with Gasteiger partial charge in [0, 0.05) is 23.4 Å². The molecule has 3 heterocycles. The van der Waals surface area contributed by atoms with Gasteiger partial charge in [0.05, 0.1) is 19.6 Å². The third-order valence-electron chi connectivity index (χ3n) is 4.56. The zero-order chi connectivity index (χ0) is 15.6. The summed E-state index contributed by atoms with van der Waals surface area (Å²) in [4.78, 5) is 20.2. The lowest BCUT2D eigenvalue weighted by atomic mass is 10.1. The minimum atomic E-state index is 0.213. The standard InChI is InChI=1S/C16H21N5OS/c22-16(20(13-4-5-13)10-14-2-1-7-23-14)8-17-12-3-6-15-18-11-19-21(15)9-12/h1-2,7,11-13,17H,3-6,8-10H2/t12-/m0/s1. The molecule has 0 radical (unpaired) electrons. The van der Waals surface area contributed by atoms with Gasteiger partial charge in [-0.05, 0) is 30.7 Å². The van der Waals surface area contributed by atoms with E-state index in [0.717, 1.165) is 44.6 Å². The summed E-state index contributed by atoms with van der Waals surface area (Å²) >= 11 is 1.72. The highest BCUT2D eigenvalue weighted by molar-refractivity contribution is 7.09. The normalized spacial score (nSPS) is 20.3. The first-order valence-electron chi connectivity index (χ1n) is 8.21. The molecule has 1 aliphatic carbocycles. The highest BCUT2D eigenvalue weighted by atomic mass is 32.1. The Bertz CT molecular complexity index is 664. The smallest absolute Gasteiger partial charge is 0.237 e. The summed E-state index contributed by atoms with van der Waals surface area (Å²) in [6.45, 7) is 1.97. The average molecular weight is 331 g/mol. The summed E-state index contributed by atoms with van der Waals surface area (Å²) in [6, 6.07) is 4.90. The van der Waals surface area contributed by atoms with Crippen molar-refractivity contribution in [1.82, 2.24) is 25.0 Å². The zero-order valence-electron chi connectivity index (χ0n) is 13.0. The number of nitrogens with one attached hydrogen (secondary N) is 1. The number of carbonyl (C=O) groups excluding carboxylic acids is 1. The SMILES string of the molecule is O=C(CN[C@H]1CCc2ncnn2C1)N(Cc1cccs1)C1CC1. The first-order valence-corrected chi connectivity index (χ1v) is 9.09. The van der Waals surface area contributed by atoms with E-state index in [2.05, 4.69) is 26.8 Å². The van der Waals surface area contributed by atoms with Crippen molar-refractivity contribution in [3.8, 4) is 0 Å². The molecular weight excluding hydrogens is 310 g/mol. The van der Waals surface area contributed by atoms with E-state index < -0.39 is 0 Å². The monoisotopic (exact) mass is 331 g/mol. The van der Waals surface area contributed by atoms with Crippen LogP contribution in [-0.2, 0) is 24.3 Å². The van der Waals surface area contributed by atoms with E-state index in [0.29, 0.717) is 18.6 Å². The fraction of sp³-hybridized carbons (Fsp3) is 0.562. The molecule has 6 nitrogen and oxygen atoms in total. The Hall–Kier alpha value is -1.73. The van der Waals surface area contributed by atoms with Gasteiger partial charge >= 0.3 is 0 Å². The van der Waals surface area contributed by atoms with Crippen LogP contribution < -0.4 is 5.32 Å². The van der Waals surface area contributed by atoms with E-state index in [-0.39, 0.29) is 5.91 Å². The van der Waals surface area contributed by atoms with Crippen molar-refractivity contribution < 1.29 is 4.79 Å². The van der Waals surface area contributed by atoms with Gasteiger partial charge in [0.1, 0.15) is 12.2 Å². The van der Waals surface area contributed by atoms with Crippen LogP contribution in [-0.4, -0.2) is 44.2 Å². The van der Waals surface area contributed by atoms with E-state index >= 15 is 0 Å². The quantitative estimate of drug-likeness (QED) is 0.870. The Labute approximate surface area is 139 Å². The van der Waals surface area contributed by atoms with Crippen LogP contribution in [0.5, 0.6) is 0 Å². The van der Waals surface area contributed by atoms with Crippen molar-refractivity contribution in [3.05, 3.63) is 34.5 Å². The number of hydrogen-bond donors (Lipinski definition) is 1. The Balaban J connectivity index is 1.32. The van der Waals surface area contributed by atoms with Crippen LogP contribution in [0.3, 0.4) is 0 Å². The molecule has 7 heteroatoms. The molecule has 1 N–H and O–H groups in total. The lowest BCUT2D eigenvalue weighted by Gasteiger charge is -2.26. The minimum absolute atomic E-state index is 0.213. The van der Waals surface area contributed by atoms with E-state index in [1.165, 1.54) is 4.88 Å². The maximum Gasteiger partial charge on any atom is 0.237 e. The van der Waals surface area contributed by atoms with E-state index in [1.54, 1.807) is 17.7 Å². The van der Waals surface area contributed by atoms with Gasteiger partial charge in [-0.3, -0.25) is 4.79 Å². The third kappa shape index (κ3) is 3.45. The first kappa shape index (κ1) is 14.8. The fourth-order valence-corrected chi connectivity index (χ4v) is 3.82. The van der Waals surface area contributed by atoms with Gasteiger partial charge in [-0.25, -0.2) is 9.67 Å². The number of fused-ring (bicyclic) bond motifs is 1. The van der Waals surface area contributed by atoms with Crippen molar-refractivity contribution in [2.75, 3.05) is 6.54 Å². The van der Waals surface area contributed by atoms with Crippen molar-refractivity contribution in [2.24, 2.45) is 0 Å². The lowest BCUT2D eigenvalue weighted by Crippen LogP contribution is -2.45. The van der Waals surface area contributed by atoms with Crippen LogP contribution in [0.2, 0.25) is 0 Å². The van der Waals surface area contributed by atoms with Crippen LogP contribution in [0.1, 0.15) is 30.0 Å². The van der Waals surface area contributed by atoms with Gasteiger partial charge in [0.2, 0.25) is 5.91 Å². The summed E-state index contributed by atoms with van der Waals surface area (Å²) in [5, 5.41) is 9.72. The van der Waals surface area contributed by atoms with Crippen LogP contribution in [0, 0.1) is 0 Å². The molecule has 122 valence electrons. The Morgan fingerprint density at radius 1 is 1.43 bits per heavy atom. The molecule has 0 bridgehead atoms. The summed E-state index contributed by atoms with van der Waals surface area (Å²) in [5.41, 5.74) is 0. The Morgan fingerprint density at radius 2 is 2.35 bits per heavy atom. The van der Waals surface area contributed by atoms with Crippen LogP contribution >= 0.6 is 11.3 Å². The molecule has 0 saturated heterocycles. The molecule has 1 aliphatic heterocycles. The van der Waals surface area contributed by atoms with Crippen molar-refractivity contribution in [3.63, 3.8) is 0 Å². The predicted octanol–water partition coefficient (Wildman–Crippen LogP) is 1.44. The number of aromatic nitrogens is 3. The van der Waals surface area contributed by atoms with Gasteiger partial charge in [0.25, 0.3) is 0 Å². The van der Waals surface area contributed by atoms with Crippen molar-refractivity contribution >= 4 is 17.2 Å². The topological polar surface area (TPSA) is 63.1 Å². The molecule has 0 aromatic carbocycles. The molecule has 4 rings (SSSR count). The molecule has 23 heavy (non-hydrogen) atoms. The largest absolute Gasteiger partial charge is 0.333 e. The second-order valence-corrected chi connectivity index (χ2v) is 7.34. The summed E-state index contributed by atoms with van der Waals surface area (Å²) < 4.78 is 1.94. The maximum atomic E-state index is 12.6. The van der Waals surface area contributed by atoms with Crippen molar-refractivity contribution in [1.29, 1.82) is 0 Å². The summed E-state index contributed by atoms with van der Waals surface area (Å²) in [5.74, 6) is 1.26. The molecule has 1 amide bonds. The molecule has 2 aromatic rings. The Kier molecular flexibility index (Phi) is 4.13. The van der Waals surface area contributed by atoms with Crippen LogP contribution in [0.25, 0.3) is 0 Å². The fourth-order valence-electron chi connectivity index (χ4n) is 3.11. The number of nitrogens with zero attached hydrogens (tertiary/aromatic N) is 4. The highest BCUT2D eigenvalue weighted by Crippen LogP contribution is 2.29. The maximum absolute atomic E-state index is 12.6. The first-order chi connectivity index (χ1) is 11.3. The lowest BCUT2D eigenvalue weighted by molar-refractivity contribution is -0.131. The van der Waals surface area contributed by atoms with Gasteiger partial charge in [-0.2, -0.15) is 5.10 Å². The zero-order valence-corrected chi connectivity index (χ0v) is 13.8. The molecule has 0 unspecified atom stereocenters. The number of rotatable bonds is 6. The predicted molar refractivity (Wildman–Crippen MR) is 88.0 cm³/mol. The van der Waals surface area contributed by atoms with Crippen molar-refractivity contribution in [2.45, 2.75) is 50.9 Å². The Morgan fingerprint density at radius 3 is 3.13 bits per heavy atom. The second kappa shape index (κ2) is 6.41. The molecular formula is C16H21N5OS. The van der Waals surface area contributed by atoms with Crippen LogP contribution in [0.15, 0.2) is 23.8 Å². The number of amides is 1. The van der Waals surface area contributed by atoms with Gasteiger partial charge in [-0.15, -0.1) is 11.3 Å². The molecule has 2 aliphatic rings. The summed E-state index contributed by atoms with van der Waals surface area (Å²) in [7, 11) is 0. The molecule has 1 saturated carbocycles. The van der Waals surface area contributed by atoms with E-state index in [9.17, 15) is 4.79 Å². The highest BCUT2D eigenvalue weighted by Gasteiger charge is 2.32. The number of thiophene rings is 1. The average Bonchev–Trinajstić information content (AvgIpc) is 3.08. The summed E-state index contributed by atoms with van der Waals surface area (Å²) in [6.07, 6.45) is 5.83. The molecule has 0 spiro atoms. The number of aryl methyl sites for hydroxylation is 1. The molecule has 1 fully saturated rings. The van der Waals surface area contributed by atoms with Gasteiger partial charge in [0.15, 0.2) is 0 Å².